The van der Waals surface area contributed by atoms with Crippen LogP contribution < -0.4 is 0 Å². The van der Waals surface area contributed by atoms with E-state index in [4.69, 9.17) is 4.74 Å². The molecule has 0 spiro atoms. The maximum Gasteiger partial charge on any atom is 0.129 e. The van der Waals surface area contributed by atoms with E-state index in [1.165, 1.54) is 6.07 Å². The second-order valence-electron chi connectivity index (χ2n) is 4.14. The third kappa shape index (κ3) is 2.18. The summed E-state index contributed by atoms with van der Waals surface area (Å²) in [5.41, 5.74) is 0.263. The van der Waals surface area contributed by atoms with Crippen molar-refractivity contribution in [2.45, 2.75) is 31.5 Å². The van der Waals surface area contributed by atoms with E-state index in [0.717, 1.165) is 17.3 Å². The first-order valence-corrected chi connectivity index (χ1v) is 6.67. The van der Waals surface area contributed by atoms with Gasteiger partial charge in [0, 0.05) is 9.99 Å². The normalized spacial score (nSPS) is 30.7. The molecule has 1 saturated heterocycles. The van der Waals surface area contributed by atoms with E-state index in [1.807, 2.05) is 19.1 Å². The van der Waals surface area contributed by atoms with Gasteiger partial charge in [-0.15, -0.1) is 0 Å². The molecule has 3 heteroatoms. The van der Waals surface area contributed by atoms with Gasteiger partial charge in [-0.25, -0.2) is 4.39 Å². The van der Waals surface area contributed by atoms with Crippen molar-refractivity contribution < 1.29 is 9.13 Å². The topological polar surface area (TPSA) is 9.23 Å². The quantitative estimate of drug-likeness (QED) is 0.597. The van der Waals surface area contributed by atoms with E-state index in [0.29, 0.717) is 5.56 Å². The largest absolute Gasteiger partial charge is 0.366 e. The number of benzene rings is 1. The Hall–Kier alpha value is -0.160. The lowest BCUT2D eigenvalue weighted by atomic mass is 9.92. The predicted molar refractivity (Wildman–Crippen MR) is 66.7 cm³/mol. The first-order chi connectivity index (χ1) is 7.15. The van der Waals surface area contributed by atoms with Crippen molar-refractivity contribution in [1.29, 1.82) is 0 Å². The lowest BCUT2D eigenvalue weighted by Crippen LogP contribution is -2.24. The van der Waals surface area contributed by atoms with Gasteiger partial charge in [0.1, 0.15) is 5.82 Å². The molecule has 0 bridgehead atoms. The van der Waals surface area contributed by atoms with Crippen LogP contribution in [0.15, 0.2) is 24.3 Å². The first-order valence-electron chi connectivity index (χ1n) is 5.14. The fourth-order valence-electron chi connectivity index (χ4n) is 2.12. The third-order valence-corrected chi connectivity index (χ3v) is 3.97. The Kier molecular flexibility index (Phi) is 3.30. The highest BCUT2D eigenvalue weighted by molar-refractivity contribution is 14.1. The Morgan fingerprint density at radius 2 is 2.27 bits per heavy atom. The SMILES string of the molecule is CC1(c2ccccc2F)CCC(CI)O1. The second kappa shape index (κ2) is 4.37. The van der Waals surface area contributed by atoms with Crippen molar-refractivity contribution in [2.24, 2.45) is 0 Å². The second-order valence-corrected chi connectivity index (χ2v) is 5.02. The van der Waals surface area contributed by atoms with Crippen LogP contribution in [-0.2, 0) is 10.3 Å². The zero-order valence-electron chi connectivity index (χ0n) is 8.67. The molecule has 0 radical (unpaired) electrons. The summed E-state index contributed by atoms with van der Waals surface area (Å²) in [7, 11) is 0. The molecule has 1 aromatic carbocycles. The van der Waals surface area contributed by atoms with Gasteiger partial charge in [0.2, 0.25) is 0 Å². The summed E-state index contributed by atoms with van der Waals surface area (Å²) in [5.74, 6) is -0.158. The molecule has 1 aliphatic rings. The lowest BCUT2D eigenvalue weighted by molar-refractivity contribution is -0.0237. The van der Waals surface area contributed by atoms with Gasteiger partial charge >= 0.3 is 0 Å². The average Bonchev–Trinajstić information content (AvgIpc) is 2.62. The zero-order valence-corrected chi connectivity index (χ0v) is 10.8. The Labute approximate surface area is 103 Å². The fourth-order valence-corrected chi connectivity index (χ4v) is 2.74. The summed E-state index contributed by atoms with van der Waals surface area (Å²) in [6.07, 6.45) is 2.20. The Bertz CT molecular complexity index is 355. The predicted octanol–water partition coefficient (Wildman–Crippen LogP) is 3.65. The average molecular weight is 320 g/mol. The molecule has 1 heterocycles. The molecule has 2 atom stereocenters. The molecule has 15 heavy (non-hydrogen) atoms. The van der Waals surface area contributed by atoms with E-state index in [-0.39, 0.29) is 11.9 Å². The van der Waals surface area contributed by atoms with Crippen LogP contribution in [0.2, 0.25) is 0 Å². The molecular weight excluding hydrogens is 306 g/mol. The molecule has 0 amide bonds. The molecule has 1 aliphatic heterocycles. The molecule has 0 N–H and O–H groups in total. The Morgan fingerprint density at radius 1 is 1.53 bits per heavy atom. The summed E-state index contributed by atoms with van der Waals surface area (Å²) in [5, 5.41) is 0. The minimum atomic E-state index is -0.429. The third-order valence-electron chi connectivity index (χ3n) is 2.99. The van der Waals surface area contributed by atoms with Gasteiger partial charge in [-0.2, -0.15) is 0 Å². The number of hydrogen-bond donors (Lipinski definition) is 0. The van der Waals surface area contributed by atoms with Crippen molar-refractivity contribution in [3.63, 3.8) is 0 Å². The standard InChI is InChI=1S/C12H14FIO/c1-12(7-6-9(8-14)15-12)10-4-2-3-5-11(10)13/h2-5,9H,6-8H2,1H3. The van der Waals surface area contributed by atoms with Crippen LogP contribution in [0.3, 0.4) is 0 Å². The van der Waals surface area contributed by atoms with Crippen molar-refractivity contribution in [1.82, 2.24) is 0 Å². The maximum atomic E-state index is 13.6. The molecule has 0 aromatic heterocycles. The maximum absolute atomic E-state index is 13.6. The molecule has 1 fully saturated rings. The van der Waals surface area contributed by atoms with Gasteiger partial charge in [-0.1, -0.05) is 40.8 Å². The van der Waals surface area contributed by atoms with Gasteiger partial charge in [-0.3, -0.25) is 0 Å². The fraction of sp³-hybridized carbons (Fsp3) is 0.500. The summed E-state index contributed by atoms with van der Waals surface area (Å²) >= 11 is 2.32. The highest BCUT2D eigenvalue weighted by atomic mass is 127. The van der Waals surface area contributed by atoms with Crippen LogP contribution in [-0.4, -0.2) is 10.5 Å². The molecule has 1 nitrogen and oxygen atoms in total. The lowest BCUT2D eigenvalue weighted by Gasteiger charge is -2.25. The first kappa shape index (κ1) is 11.3. The van der Waals surface area contributed by atoms with E-state index in [2.05, 4.69) is 22.6 Å². The molecule has 2 rings (SSSR count). The van der Waals surface area contributed by atoms with Gasteiger partial charge in [0.05, 0.1) is 11.7 Å². The molecular formula is C12H14FIO. The minimum absolute atomic E-state index is 0.158. The molecule has 2 unspecified atom stereocenters. The van der Waals surface area contributed by atoms with Crippen molar-refractivity contribution in [3.8, 4) is 0 Å². The van der Waals surface area contributed by atoms with Gasteiger partial charge < -0.3 is 4.74 Å². The van der Waals surface area contributed by atoms with E-state index >= 15 is 0 Å². The van der Waals surface area contributed by atoms with E-state index < -0.39 is 5.60 Å². The molecule has 0 saturated carbocycles. The number of halogens is 2. The van der Waals surface area contributed by atoms with E-state index in [9.17, 15) is 4.39 Å². The molecule has 1 aromatic rings. The number of rotatable bonds is 2. The zero-order chi connectivity index (χ0) is 10.9. The van der Waals surface area contributed by atoms with Crippen LogP contribution >= 0.6 is 22.6 Å². The van der Waals surface area contributed by atoms with Crippen LogP contribution in [0, 0.1) is 5.82 Å². The minimum Gasteiger partial charge on any atom is -0.366 e. The van der Waals surface area contributed by atoms with Crippen LogP contribution in [0.1, 0.15) is 25.3 Å². The summed E-state index contributed by atoms with van der Waals surface area (Å²) in [4.78, 5) is 0. The van der Waals surface area contributed by atoms with Gasteiger partial charge in [-0.05, 0) is 25.8 Å². The summed E-state index contributed by atoms with van der Waals surface area (Å²) in [6, 6.07) is 6.91. The van der Waals surface area contributed by atoms with Gasteiger partial charge in [0.15, 0.2) is 0 Å². The summed E-state index contributed by atoms with van der Waals surface area (Å²) < 4.78 is 20.5. The van der Waals surface area contributed by atoms with Crippen molar-refractivity contribution in [2.75, 3.05) is 4.43 Å². The smallest absolute Gasteiger partial charge is 0.129 e. The molecule has 82 valence electrons. The highest BCUT2D eigenvalue weighted by Gasteiger charge is 2.38. The van der Waals surface area contributed by atoms with Gasteiger partial charge in [0.25, 0.3) is 0 Å². The summed E-state index contributed by atoms with van der Waals surface area (Å²) in [6.45, 7) is 1.98. The monoisotopic (exact) mass is 320 g/mol. The Morgan fingerprint density at radius 3 is 2.87 bits per heavy atom. The van der Waals surface area contributed by atoms with Crippen molar-refractivity contribution >= 4 is 22.6 Å². The van der Waals surface area contributed by atoms with Crippen LogP contribution in [0.4, 0.5) is 4.39 Å². The van der Waals surface area contributed by atoms with Crippen LogP contribution in [0.5, 0.6) is 0 Å². The number of alkyl halides is 1. The number of hydrogen-bond acceptors (Lipinski definition) is 1. The van der Waals surface area contributed by atoms with Crippen LogP contribution in [0.25, 0.3) is 0 Å². The highest BCUT2D eigenvalue weighted by Crippen LogP contribution is 2.40. The number of ether oxygens (including phenoxy) is 1. The van der Waals surface area contributed by atoms with E-state index in [1.54, 1.807) is 6.07 Å². The van der Waals surface area contributed by atoms with Crippen molar-refractivity contribution in [3.05, 3.63) is 35.6 Å². The Balaban J connectivity index is 2.27. The molecule has 0 aliphatic carbocycles.